The smallest absolute Gasteiger partial charge is 0.325 e. The van der Waals surface area contributed by atoms with Gasteiger partial charge in [0.25, 0.3) is 0 Å². The second-order valence-corrected chi connectivity index (χ2v) is 5.02. The highest BCUT2D eigenvalue weighted by Gasteiger charge is 2.28. The number of nitrogens with zero attached hydrogens (tertiary/aromatic N) is 1. The lowest BCUT2D eigenvalue weighted by Gasteiger charge is -2.27. The maximum atomic E-state index is 13.4. The van der Waals surface area contributed by atoms with Gasteiger partial charge in [-0.1, -0.05) is 11.6 Å². The van der Waals surface area contributed by atoms with E-state index in [-0.39, 0.29) is 5.02 Å². The van der Waals surface area contributed by atoms with Crippen molar-refractivity contribution in [1.29, 1.82) is 0 Å². The summed E-state index contributed by atoms with van der Waals surface area (Å²) in [4.78, 5) is 13.3. The maximum absolute atomic E-state index is 13.4. The molecule has 0 saturated carbocycles. The number of hydrogen-bond acceptors (Lipinski definition) is 3. The van der Waals surface area contributed by atoms with E-state index < -0.39 is 17.8 Å². The van der Waals surface area contributed by atoms with Gasteiger partial charge < -0.3 is 10.4 Å². The molecule has 1 aromatic carbocycles. The van der Waals surface area contributed by atoms with Crippen molar-refractivity contribution in [1.82, 2.24) is 10.2 Å². The standard InChI is InChI=1S/C13H16ClFN2O2/c14-10-6-9(7-11(15)8-10)12(13(18)19)17-4-1-2-16-3-5-17/h6-8,12,16H,1-5H2,(H,18,19). The number of carbonyl (C=O) groups is 1. The van der Waals surface area contributed by atoms with Gasteiger partial charge in [0.15, 0.2) is 0 Å². The molecular formula is C13H16ClFN2O2. The highest BCUT2D eigenvalue weighted by molar-refractivity contribution is 6.30. The molecule has 0 aromatic heterocycles. The van der Waals surface area contributed by atoms with Gasteiger partial charge >= 0.3 is 5.97 Å². The van der Waals surface area contributed by atoms with Crippen molar-refractivity contribution in [2.45, 2.75) is 12.5 Å². The third-order valence-electron chi connectivity index (χ3n) is 3.17. The summed E-state index contributed by atoms with van der Waals surface area (Å²) in [5.41, 5.74) is 0.388. The fraction of sp³-hybridized carbons (Fsp3) is 0.462. The minimum absolute atomic E-state index is 0.217. The van der Waals surface area contributed by atoms with Gasteiger partial charge in [0.1, 0.15) is 11.9 Å². The Morgan fingerprint density at radius 2 is 2.16 bits per heavy atom. The van der Waals surface area contributed by atoms with Crippen LogP contribution in [0.2, 0.25) is 5.02 Å². The summed E-state index contributed by atoms with van der Waals surface area (Å²) < 4.78 is 13.4. The molecular weight excluding hydrogens is 271 g/mol. The number of halogens is 2. The normalized spacial score (nSPS) is 18.8. The number of rotatable bonds is 3. The number of aliphatic carboxylic acids is 1. The fourth-order valence-corrected chi connectivity index (χ4v) is 2.60. The molecule has 1 aliphatic heterocycles. The lowest BCUT2D eigenvalue weighted by Crippen LogP contribution is -2.36. The zero-order chi connectivity index (χ0) is 13.8. The van der Waals surface area contributed by atoms with Crippen LogP contribution < -0.4 is 5.32 Å². The van der Waals surface area contributed by atoms with E-state index in [0.717, 1.165) is 19.5 Å². The average molecular weight is 287 g/mol. The SMILES string of the molecule is O=C(O)C(c1cc(F)cc(Cl)c1)N1CCCNCC1. The van der Waals surface area contributed by atoms with Crippen molar-refractivity contribution in [3.05, 3.63) is 34.6 Å². The Labute approximate surface area is 116 Å². The molecule has 1 atom stereocenters. The first-order valence-corrected chi connectivity index (χ1v) is 6.59. The minimum Gasteiger partial charge on any atom is -0.480 e. The van der Waals surface area contributed by atoms with Gasteiger partial charge in [-0.15, -0.1) is 0 Å². The summed E-state index contributed by atoms with van der Waals surface area (Å²) >= 11 is 5.81. The lowest BCUT2D eigenvalue weighted by atomic mass is 10.0. The summed E-state index contributed by atoms with van der Waals surface area (Å²) in [5.74, 6) is -1.50. The molecule has 1 heterocycles. The second-order valence-electron chi connectivity index (χ2n) is 4.58. The first kappa shape index (κ1) is 14.2. The second kappa shape index (κ2) is 6.32. The minimum atomic E-state index is -0.983. The fourth-order valence-electron chi connectivity index (χ4n) is 2.37. The van der Waals surface area contributed by atoms with Crippen molar-refractivity contribution in [3.8, 4) is 0 Å². The Bertz CT molecular complexity index is 442. The van der Waals surface area contributed by atoms with Crippen LogP contribution in [-0.2, 0) is 4.79 Å². The Kier molecular flexibility index (Phi) is 4.74. The van der Waals surface area contributed by atoms with Gasteiger partial charge in [-0.05, 0) is 36.7 Å². The molecule has 0 radical (unpaired) electrons. The molecule has 0 aliphatic carbocycles. The quantitative estimate of drug-likeness (QED) is 0.891. The van der Waals surface area contributed by atoms with Crippen LogP contribution in [0.3, 0.4) is 0 Å². The van der Waals surface area contributed by atoms with Crippen LogP contribution in [0, 0.1) is 5.82 Å². The highest BCUT2D eigenvalue weighted by Crippen LogP contribution is 2.25. The van der Waals surface area contributed by atoms with E-state index in [2.05, 4.69) is 5.32 Å². The summed E-state index contributed by atoms with van der Waals surface area (Å²) in [6.07, 6.45) is 0.868. The van der Waals surface area contributed by atoms with E-state index in [1.807, 2.05) is 4.90 Å². The number of benzene rings is 1. The van der Waals surface area contributed by atoms with Gasteiger partial charge in [-0.25, -0.2) is 4.39 Å². The van der Waals surface area contributed by atoms with Crippen molar-refractivity contribution in [3.63, 3.8) is 0 Å². The van der Waals surface area contributed by atoms with Gasteiger partial charge in [0, 0.05) is 24.7 Å². The molecule has 19 heavy (non-hydrogen) atoms. The molecule has 0 bridgehead atoms. The number of carboxylic acid groups (broad SMARTS) is 1. The maximum Gasteiger partial charge on any atom is 0.325 e. The van der Waals surface area contributed by atoms with Gasteiger partial charge in [-0.3, -0.25) is 9.69 Å². The summed E-state index contributed by atoms with van der Waals surface area (Å²) in [7, 11) is 0. The molecule has 2 N–H and O–H groups in total. The number of nitrogens with one attached hydrogen (secondary N) is 1. The molecule has 0 spiro atoms. The van der Waals surface area contributed by atoms with E-state index in [1.54, 1.807) is 0 Å². The van der Waals surface area contributed by atoms with Crippen LogP contribution in [-0.4, -0.2) is 42.2 Å². The van der Waals surface area contributed by atoms with Gasteiger partial charge in [-0.2, -0.15) is 0 Å². The van der Waals surface area contributed by atoms with Crippen molar-refractivity contribution < 1.29 is 14.3 Å². The van der Waals surface area contributed by atoms with E-state index in [9.17, 15) is 14.3 Å². The van der Waals surface area contributed by atoms with Crippen LogP contribution in [0.1, 0.15) is 18.0 Å². The van der Waals surface area contributed by atoms with E-state index >= 15 is 0 Å². The molecule has 1 saturated heterocycles. The largest absolute Gasteiger partial charge is 0.480 e. The van der Waals surface area contributed by atoms with Crippen molar-refractivity contribution in [2.75, 3.05) is 26.2 Å². The van der Waals surface area contributed by atoms with E-state index in [0.29, 0.717) is 18.7 Å². The Balaban J connectivity index is 2.30. The molecule has 1 aromatic rings. The van der Waals surface area contributed by atoms with E-state index in [4.69, 9.17) is 11.6 Å². The molecule has 1 unspecified atom stereocenters. The molecule has 2 rings (SSSR count). The summed E-state index contributed by atoms with van der Waals surface area (Å²) in [6.45, 7) is 2.88. The molecule has 6 heteroatoms. The first-order valence-electron chi connectivity index (χ1n) is 6.21. The topological polar surface area (TPSA) is 52.6 Å². The first-order chi connectivity index (χ1) is 9.08. The lowest BCUT2D eigenvalue weighted by molar-refractivity contribution is -0.143. The Hall–Kier alpha value is -1.17. The Morgan fingerprint density at radius 1 is 1.37 bits per heavy atom. The Morgan fingerprint density at radius 3 is 2.84 bits per heavy atom. The zero-order valence-corrected chi connectivity index (χ0v) is 11.2. The third-order valence-corrected chi connectivity index (χ3v) is 3.39. The molecule has 104 valence electrons. The zero-order valence-electron chi connectivity index (χ0n) is 10.4. The monoisotopic (exact) mass is 286 g/mol. The van der Waals surface area contributed by atoms with Gasteiger partial charge in [0.2, 0.25) is 0 Å². The van der Waals surface area contributed by atoms with Crippen molar-refractivity contribution in [2.24, 2.45) is 0 Å². The third kappa shape index (κ3) is 3.65. The van der Waals surface area contributed by atoms with Crippen LogP contribution in [0.15, 0.2) is 18.2 Å². The van der Waals surface area contributed by atoms with Crippen LogP contribution >= 0.6 is 11.6 Å². The van der Waals surface area contributed by atoms with Crippen LogP contribution in [0.4, 0.5) is 4.39 Å². The molecule has 4 nitrogen and oxygen atoms in total. The molecule has 0 amide bonds. The predicted octanol–water partition coefficient (Wildman–Crippen LogP) is 1.90. The highest BCUT2D eigenvalue weighted by atomic mass is 35.5. The van der Waals surface area contributed by atoms with E-state index in [1.165, 1.54) is 18.2 Å². The molecule has 1 fully saturated rings. The molecule has 1 aliphatic rings. The summed E-state index contributed by atoms with van der Waals surface area (Å²) in [6, 6.07) is 3.08. The average Bonchev–Trinajstić information content (AvgIpc) is 2.56. The van der Waals surface area contributed by atoms with Crippen LogP contribution in [0.25, 0.3) is 0 Å². The predicted molar refractivity (Wildman–Crippen MR) is 70.8 cm³/mol. The number of hydrogen-bond donors (Lipinski definition) is 2. The summed E-state index contributed by atoms with van der Waals surface area (Å²) in [5, 5.41) is 12.9. The van der Waals surface area contributed by atoms with Crippen molar-refractivity contribution >= 4 is 17.6 Å². The van der Waals surface area contributed by atoms with Crippen LogP contribution in [0.5, 0.6) is 0 Å². The number of carboxylic acids is 1. The van der Waals surface area contributed by atoms with Gasteiger partial charge in [0.05, 0.1) is 0 Å².